The molecule has 0 spiro atoms. The van der Waals surface area contributed by atoms with Crippen LogP contribution in [0.1, 0.15) is 11.1 Å². The lowest BCUT2D eigenvalue weighted by atomic mass is 10.1. The van der Waals surface area contributed by atoms with E-state index in [9.17, 15) is 0 Å². The van der Waals surface area contributed by atoms with E-state index < -0.39 is 0 Å². The topological polar surface area (TPSA) is 0 Å². The van der Waals surface area contributed by atoms with Crippen molar-refractivity contribution in [2.75, 3.05) is 0 Å². The predicted octanol–water partition coefficient (Wildman–Crippen LogP) is 3.20. The molecule has 0 saturated heterocycles. The summed E-state index contributed by atoms with van der Waals surface area (Å²) in [5.74, 6) is 0. The Kier molecular flexibility index (Phi) is 2.52. The van der Waals surface area contributed by atoms with Gasteiger partial charge in [0.05, 0.1) is 0 Å². The summed E-state index contributed by atoms with van der Waals surface area (Å²) < 4.78 is 0. The van der Waals surface area contributed by atoms with Gasteiger partial charge in [-0.05, 0) is 18.6 Å². The molecule has 0 unspecified atom stereocenters. The third-order valence-electron chi connectivity index (χ3n) is 1.30. The van der Waals surface area contributed by atoms with Crippen LogP contribution >= 0.6 is 11.6 Å². The molecule has 52 valence electrons. The lowest BCUT2D eigenvalue weighted by Gasteiger charge is -1.92. The molecule has 0 aliphatic carbocycles. The average Bonchev–Trinajstić information content (AvgIpc) is 1.88. The Labute approximate surface area is 66.1 Å². The van der Waals surface area contributed by atoms with Gasteiger partial charge in [0.25, 0.3) is 0 Å². The maximum Gasteiger partial charge on any atom is 0.00484 e. The van der Waals surface area contributed by atoms with E-state index in [0.717, 1.165) is 5.56 Å². The second kappa shape index (κ2) is 3.43. The SMILES string of the molecule is Cc1cccc(/C=C/Cl)c1. The first-order valence-electron chi connectivity index (χ1n) is 3.16. The number of hydrogen-bond donors (Lipinski definition) is 0. The molecule has 0 amide bonds. The highest BCUT2D eigenvalue weighted by molar-refractivity contribution is 6.27. The summed E-state index contributed by atoms with van der Waals surface area (Å²) in [5, 5.41) is 0. The molecule has 0 fully saturated rings. The van der Waals surface area contributed by atoms with Crippen molar-refractivity contribution in [3.8, 4) is 0 Å². The van der Waals surface area contributed by atoms with Gasteiger partial charge in [0.15, 0.2) is 0 Å². The van der Waals surface area contributed by atoms with Crippen LogP contribution in [0.4, 0.5) is 0 Å². The third kappa shape index (κ3) is 1.89. The van der Waals surface area contributed by atoms with Crippen LogP contribution < -0.4 is 0 Å². The smallest absolute Gasteiger partial charge is 0.00484 e. The van der Waals surface area contributed by atoms with E-state index in [4.69, 9.17) is 11.6 Å². The number of benzene rings is 1. The van der Waals surface area contributed by atoms with Crippen LogP contribution in [0.2, 0.25) is 0 Å². The van der Waals surface area contributed by atoms with Gasteiger partial charge in [-0.2, -0.15) is 0 Å². The second-order valence-corrected chi connectivity index (χ2v) is 2.46. The number of halogens is 1. The summed E-state index contributed by atoms with van der Waals surface area (Å²) >= 11 is 5.41. The quantitative estimate of drug-likeness (QED) is 0.580. The highest BCUT2D eigenvalue weighted by Crippen LogP contribution is 2.05. The molecule has 0 aliphatic rings. The van der Waals surface area contributed by atoms with Gasteiger partial charge >= 0.3 is 0 Å². The minimum absolute atomic E-state index is 1.15. The van der Waals surface area contributed by atoms with Gasteiger partial charge in [-0.25, -0.2) is 0 Å². The summed E-state index contributed by atoms with van der Waals surface area (Å²) in [6.45, 7) is 2.06. The first kappa shape index (κ1) is 7.36. The summed E-state index contributed by atoms with van der Waals surface area (Å²) in [7, 11) is 0. The maximum absolute atomic E-state index is 5.41. The summed E-state index contributed by atoms with van der Waals surface area (Å²) in [6.07, 6.45) is 1.87. The van der Waals surface area contributed by atoms with Crippen molar-refractivity contribution < 1.29 is 0 Å². The summed E-state index contributed by atoms with van der Waals surface area (Å²) in [4.78, 5) is 0. The van der Waals surface area contributed by atoms with Crippen molar-refractivity contribution in [1.82, 2.24) is 0 Å². The standard InChI is InChI=1S/C9H9Cl/c1-8-3-2-4-9(7-8)5-6-10/h2-7H,1H3/b6-5+. The zero-order chi connectivity index (χ0) is 7.40. The van der Waals surface area contributed by atoms with Crippen LogP contribution in [0.15, 0.2) is 29.8 Å². The van der Waals surface area contributed by atoms with Gasteiger partial charge in [0, 0.05) is 5.54 Å². The number of rotatable bonds is 1. The van der Waals surface area contributed by atoms with Gasteiger partial charge in [-0.1, -0.05) is 41.4 Å². The first-order valence-corrected chi connectivity index (χ1v) is 3.60. The Bertz CT molecular complexity index is 238. The molecular formula is C9H9Cl. The van der Waals surface area contributed by atoms with Crippen molar-refractivity contribution in [1.29, 1.82) is 0 Å². The maximum atomic E-state index is 5.41. The first-order chi connectivity index (χ1) is 4.83. The van der Waals surface area contributed by atoms with Gasteiger partial charge in [-0.15, -0.1) is 0 Å². The van der Waals surface area contributed by atoms with Crippen molar-refractivity contribution in [2.45, 2.75) is 6.92 Å². The van der Waals surface area contributed by atoms with Crippen LogP contribution in [-0.2, 0) is 0 Å². The molecule has 10 heavy (non-hydrogen) atoms. The third-order valence-corrected chi connectivity index (χ3v) is 1.42. The monoisotopic (exact) mass is 152 g/mol. The van der Waals surface area contributed by atoms with E-state index in [-0.39, 0.29) is 0 Å². The number of aryl methyl sites for hydroxylation is 1. The van der Waals surface area contributed by atoms with Crippen LogP contribution in [0.5, 0.6) is 0 Å². The lowest BCUT2D eigenvalue weighted by molar-refractivity contribution is 1.46. The van der Waals surface area contributed by atoms with Crippen molar-refractivity contribution in [3.05, 3.63) is 40.9 Å². The normalized spacial score (nSPS) is 10.6. The van der Waals surface area contributed by atoms with E-state index in [2.05, 4.69) is 19.1 Å². The van der Waals surface area contributed by atoms with Crippen molar-refractivity contribution in [2.24, 2.45) is 0 Å². The van der Waals surface area contributed by atoms with Crippen LogP contribution in [0.3, 0.4) is 0 Å². The van der Waals surface area contributed by atoms with Gasteiger partial charge in [0.1, 0.15) is 0 Å². The Morgan fingerprint density at radius 1 is 1.40 bits per heavy atom. The minimum Gasteiger partial charge on any atom is -0.0929 e. The average molecular weight is 153 g/mol. The van der Waals surface area contributed by atoms with Crippen molar-refractivity contribution >= 4 is 17.7 Å². The molecule has 1 rings (SSSR count). The fraction of sp³-hybridized carbons (Fsp3) is 0.111. The Hall–Kier alpha value is -0.750. The fourth-order valence-corrected chi connectivity index (χ4v) is 0.992. The zero-order valence-corrected chi connectivity index (χ0v) is 6.60. The zero-order valence-electron chi connectivity index (χ0n) is 5.84. The van der Waals surface area contributed by atoms with Crippen LogP contribution in [-0.4, -0.2) is 0 Å². The van der Waals surface area contributed by atoms with Crippen LogP contribution in [0, 0.1) is 6.92 Å². The van der Waals surface area contributed by atoms with Gasteiger partial charge in [0.2, 0.25) is 0 Å². The summed E-state index contributed by atoms with van der Waals surface area (Å²) in [6, 6.07) is 8.18. The molecule has 0 nitrogen and oxygen atoms in total. The van der Waals surface area contributed by atoms with E-state index in [1.165, 1.54) is 11.1 Å². The van der Waals surface area contributed by atoms with Gasteiger partial charge < -0.3 is 0 Å². The Morgan fingerprint density at radius 3 is 2.80 bits per heavy atom. The van der Waals surface area contributed by atoms with E-state index in [1.807, 2.05) is 18.2 Å². The fourth-order valence-electron chi connectivity index (χ4n) is 0.847. The molecule has 0 heterocycles. The molecule has 0 bridgehead atoms. The summed E-state index contributed by atoms with van der Waals surface area (Å²) in [5.41, 5.74) is 3.93. The molecule has 0 saturated carbocycles. The van der Waals surface area contributed by atoms with Crippen LogP contribution in [0.25, 0.3) is 6.08 Å². The van der Waals surface area contributed by atoms with E-state index >= 15 is 0 Å². The number of hydrogen-bond acceptors (Lipinski definition) is 0. The van der Waals surface area contributed by atoms with E-state index in [1.54, 1.807) is 0 Å². The molecule has 0 atom stereocenters. The molecule has 0 aromatic heterocycles. The second-order valence-electron chi connectivity index (χ2n) is 2.21. The highest BCUT2D eigenvalue weighted by atomic mass is 35.5. The molecule has 0 aliphatic heterocycles. The minimum atomic E-state index is 1.15. The van der Waals surface area contributed by atoms with E-state index in [0.29, 0.717) is 0 Å². The molecule has 1 heteroatoms. The molecule has 0 radical (unpaired) electrons. The van der Waals surface area contributed by atoms with Crippen molar-refractivity contribution in [3.63, 3.8) is 0 Å². The predicted molar refractivity (Wildman–Crippen MR) is 46.1 cm³/mol. The highest BCUT2D eigenvalue weighted by Gasteiger charge is 1.84. The molecule has 1 aromatic rings. The Balaban J connectivity index is 2.95. The Morgan fingerprint density at radius 2 is 2.20 bits per heavy atom. The molecule has 0 N–H and O–H groups in total. The largest absolute Gasteiger partial charge is 0.0929 e. The van der Waals surface area contributed by atoms with Gasteiger partial charge in [-0.3, -0.25) is 0 Å². The molecular weight excluding hydrogens is 144 g/mol. The molecule has 1 aromatic carbocycles. The lowest BCUT2D eigenvalue weighted by Crippen LogP contribution is -1.72.